The zero-order valence-corrected chi connectivity index (χ0v) is 12.1. The summed E-state index contributed by atoms with van der Waals surface area (Å²) in [5.41, 5.74) is 4.78. The minimum absolute atomic E-state index is 0.00274. The van der Waals surface area contributed by atoms with Crippen LogP contribution in [-0.4, -0.2) is 12.1 Å². The lowest BCUT2D eigenvalue weighted by atomic mass is 10.0. The van der Waals surface area contributed by atoms with Crippen LogP contribution < -0.4 is 11.1 Å². The van der Waals surface area contributed by atoms with Gasteiger partial charge in [-0.1, -0.05) is 30.3 Å². The number of benzene rings is 2. The molecule has 2 aromatic carbocycles. The van der Waals surface area contributed by atoms with Gasteiger partial charge in [0.05, 0.1) is 5.56 Å². The van der Waals surface area contributed by atoms with Gasteiger partial charge in [-0.15, -0.1) is 0 Å². The van der Waals surface area contributed by atoms with Gasteiger partial charge in [0.25, 0.3) is 5.91 Å². The van der Waals surface area contributed by atoms with E-state index in [0.717, 1.165) is 6.07 Å². The van der Waals surface area contributed by atoms with Crippen LogP contribution in [0.4, 0.5) is 23.2 Å². The number of halogens is 4. The fraction of sp³-hybridized carbons (Fsp3) is 0.188. The lowest BCUT2D eigenvalue weighted by Gasteiger charge is -2.23. The normalized spacial score (nSPS) is 12.7. The number of anilines is 1. The Kier molecular flexibility index (Phi) is 4.58. The van der Waals surface area contributed by atoms with E-state index in [2.05, 4.69) is 5.32 Å². The highest BCUT2D eigenvalue weighted by Crippen LogP contribution is 2.36. The molecule has 0 aromatic heterocycles. The molecule has 2 aromatic rings. The van der Waals surface area contributed by atoms with E-state index in [0.29, 0.717) is 0 Å². The minimum Gasteiger partial charge on any atom is -0.370 e. The van der Waals surface area contributed by atoms with Gasteiger partial charge in [0.1, 0.15) is 11.9 Å². The van der Waals surface area contributed by atoms with Gasteiger partial charge in [-0.25, -0.2) is 4.39 Å². The molecule has 0 radical (unpaired) electrons. The standard InChI is InChI=1S/C16H14F4N2O/c1-9-7-11(8-12(17)13(9)15(21)23)22-14(16(18,19)20)10-5-3-2-4-6-10/h2-8,14,22H,1H3,(H2,21,23). The third-order valence-electron chi connectivity index (χ3n) is 3.31. The third-order valence-corrected chi connectivity index (χ3v) is 3.31. The number of nitrogens with two attached hydrogens (primary N) is 1. The van der Waals surface area contributed by atoms with E-state index in [1.807, 2.05) is 0 Å². The molecule has 1 unspecified atom stereocenters. The highest BCUT2D eigenvalue weighted by atomic mass is 19.4. The first-order valence-corrected chi connectivity index (χ1v) is 6.68. The monoisotopic (exact) mass is 326 g/mol. The Morgan fingerprint density at radius 3 is 2.26 bits per heavy atom. The lowest BCUT2D eigenvalue weighted by Crippen LogP contribution is -2.28. The second kappa shape index (κ2) is 6.28. The molecule has 0 saturated carbocycles. The summed E-state index contributed by atoms with van der Waals surface area (Å²) < 4.78 is 53.7. The summed E-state index contributed by atoms with van der Waals surface area (Å²) >= 11 is 0. The van der Waals surface area contributed by atoms with Crippen molar-refractivity contribution in [2.75, 3.05) is 5.32 Å². The summed E-state index contributed by atoms with van der Waals surface area (Å²) in [5, 5.41) is 2.27. The molecule has 122 valence electrons. The Bertz CT molecular complexity index is 691. The number of hydrogen-bond acceptors (Lipinski definition) is 2. The first-order valence-electron chi connectivity index (χ1n) is 6.68. The van der Waals surface area contributed by atoms with E-state index in [1.165, 1.54) is 37.3 Å². The fourth-order valence-electron chi connectivity index (χ4n) is 2.31. The van der Waals surface area contributed by atoms with Crippen molar-refractivity contribution in [3.05, 3.63) is 65.0 Å². The first-order chi connectivity index (χ1) is 10.7. The number of primary amides is 1. The van der Waals surface area contributed by atoms with Crippen LogP contribution in [-0.2, 0) is 0 Å². The highest BCUT2D eigenvalue weighted by molar-refractivity contribution is 5.95. The van der Waals surface area contributed by atoms with Gasteiger partial charge in [0.15, 0.2) is 0 Å². The van der Waals surface area contributed by atoms with Crippen LogP contribution in [0, 0.1) is 12.7 Å². The number of carbonyl (C=O) groups excluding carboxylic acids is 1. The Labute approximate surface area is 130 Å². The minimum atomic E-state index is -4.58. The second-order valence-electron chi connectivity index (χ2n) is 5.04. The molecule has 1 atom stereocenters. The van der Waals surface area contributed by atoms with Gasteiger partial charge < -0.3 is 11.1 Å². The smallest absolute Gasteiger partial charge is 0.370 e. The van der Waals surface area contributed by atoms with Gasteiger partial charge >= 0.3 is 6.18 Å². The average Bonchev–Trinajstić information content (AvgIpc) is 2.43. The molecule has 0 aliphatic carbocycles. The molecule has 3 N–H and O–H groups in total. The van der Waals surface area contributed by atoms with Gasteiger partial charge in [-0.3, -0.25) is 4.79 Å². The van der Waals surface area contributed by atoms with Crippen molar-refractivity contribution in [2.24, 2.45) is 5.73 Å². The van der Waals surface area contributed by atoms with Gasteiger partial charge in [-0.2, -0.15) is 13.2 Å². The predicted octanol–water partition coefficient (Wildman–Crippen LogP) is 3.95. The summed E-state index contributed by atoms with van der Waals surface area (Å²) in [6, 6.07) is 7.30. The van der Waals surface area contributed by atoms with Crippen molar-refractivity contribution in [3.63, 3.8) is 0 Å². The molecular formula is C16H14F4N2O. The summed E-state index contributed by atoms with van der Waals surface area (Å²) in [4.78, 5) is 11.1. The Balaban J connectivity index is 2.40. The van der Waals surface area contributed by atoms with Crippen LogP contribution in [0.2, 0.25) is 0 Å². The number of rotatable bonds is 4. The van der Waals surface area contributed by atoms with Crippen molar-refractivity contribution in [2.45, 2.75) is 19.1 Å². The Morgan fingerprint density at radius 2 is 1.78 bits per heavy atom. The van der Waals surface area contributed by atoms with E-state index in [-0.39, 0.29) is 22.4 Å². The molecule has 2 rings (SSSR count). The van der Waals surface area contributed by atoms with E-state index < -0.39 is 23.9 Å². The largest absolute Gasteiger partial charge is 0.412 e. The molecule has 7 heteroatoms. The zero-order chi connectivity index (χ0) is 17.2. The molecule has 0 fully saturated rings. The Morgan fingerprint density at radius 1 is 1.17 bits per heavy atom. The van der Waals surface area contributed by atoms with Crippen molar-refractivity contribution < 1.29 is 22.4 Å². The van der Waals surface area contributed by atoms with Crippen molar-refractivity contribution in [1.82, 2.24) is 0 Å². The van der Waals surface area contributed by atoms with Crippen molar-refractivity contribution in [3.8, 4) is 0 Å². The third kappa shape index (κ3) is 3.80. The van der Waals surface area contributed by atoms with Crippen LogP contribution >= 0.6 is 0 Å². The van der Waals surface area contributed by atoms with Gasteiger partial charge in [-0.05, 0) is 30.2 Å². The van der Waals surface area contributed by atoms with Crippen LogP contribution in [0.1, 0.15) is 27.5 Å². The van der Waals surface area contributed by atoms with Crippen LogP contribution in [0.25, 0.3) is 0 Å². The number of alkyl halides is 3. The van der Waals surface area contributed by atoms with Crippen molar-refractivity contribution in [1.29, 1.82) is 0 Å². The summed E-state index contributed by atoms with van der Waals surface area (Å²) in [7, 11) is 0. The molecule has 0 aliphatic rings. The number of carbonyl (C=O) groups is 1. The zero-order valence-electron chi connectivity index (χ0n) is 12.1. The molecule has 0 spiro atoms. The molecule has 3 nitrogen and oxygen atoms in total. The number of aryl methyl sites for hydroxylation is 1. The number of hydrogen-bond donors (Lipinski definition) is 2. The summed E-state index contributed by atoms with van der Waals surface area (Å²) in [6.07, 6.45) is -4.58. The topological polar surface area (TPSA) is 55.1 Å². The molecule has 0 bridgehead atoms. The van der Waals surface area contributed by atoms with Crippen LogP contribution in [0.5, 0.6) is 0 Å². The highest BCUT2D eigenvalue weighted by Gasteiger charge is 2.40. The maximum atomic E-state index is 13.9. The summed E-state index contributed by atoms with van der Waals surface area (Å²) in [6.45, 7) is 1.40. The maximum Gasteiger partial charge on any atom is 0.412 e. The number of amides is 1. The lowest BCUT2D eigenvalue weighted by molar-refractivity contribution is -0.144. The fourth-order valence-corrected chi connectivity index (χ4v) is 2.31. The maximum absolute atomic E-state index is 13.9. The SMILES string of the molecule is Cc1cc(NC(c2ccccc2)C(F)(F)F)cc(F)c1C(N)=O. The van der Waals surface area contributed by atoms with Crippen LogP contribution in [0.15, 0.2) is 42.5 Å². The molecule has 23 heavy (non-hydrogen) atoms. The molecule has 0 saturated heterocycles. The van der Waals surface area contributed by atoms with Crippen LogP contribution in [0.3, 0.4) is 0 Å². The van der Waals surface area contributed by atoms with E-state index in [1.54, 1.807) is 6.07 Å². The van der Waals surface area contributed by atoms with E-state index in [9.17, 15) is 22.4 Å². The average molecular weight is 326 g/mol. The van der Waals surface area contributed by atoms with Gasteiger partial charge in [0, 0.05) is 5.69 Å². The summed E-state index contributed by atoms with van der Waals surface area (Å²) in [5.74, 6) is -1.93. The molecule has 1 amide bonds. The van der Waals surface area contributed by atoms with Crippen molar-refractivity contribution >= 4 is 11.6 Å². The second-order valence-corrected chi connectivity index (χ2v) is 5.04. The van der Waals surface area contributed by atoms with E-state index >= 15 is 0 Å². The quantitative estimate of drug-likeness (QED) is 0.836. The predicted molar refractivity (Wildman–Crippen MR) is 78.5 cm³/mol. The van der Waals surface area contributed by atoms with Gasteiger partial charge in [0.2, 0.25) is 0 Å². The molecule has 0 aliphatic heterocycles. The number of nitrogens with one attached hydrogen (secondary N) is 1. The molecule has 0 heterocycles. The van der Waals surface area contributed by atoms with E-state index in [4.69, 9.17) is 5.73 Å². The Hall–Kier alpha value is -2.57. The first kappa shape index (κ1) is 16.8. The molecular weight excluding hydrogens is 312 g/mol.